The molecule has 3 aromatic rings. The van der Waals surface area contributed by atoms with Crippen LogP contribution in [-0.2, 0) is 15.4 Å². The van der Waals surface area contributed by atoms with Crippen molar-refractivity contribution in [3.05, 3.63) is 70.3 Å². The number of aromatic nitrogens is 1. The highest BCUT2D eigenvalue weighted by Gasteiger charge is 2.29. The van der Waals surface area contributed by atoms with Gasteiger partial charge in [0.25, 0.3) is 0 Å². The molecule has 2 aromatic carbocycles. The molecular weight excluding hydrogens is 480 g/mol. The van der Waals surface area contributed by atoms with Crippen molar-refractivity contribution in [1.29, 1.82) is 5.26 Å². The first kappa shape index (κ1) is 25.6. The highest BCUT2D eigenvalue weighted by atomic mass is 35.5. The third-order valence-corrected chi connectivity index (χ3v) is 6.48. The van der Waals surface area contributed by atoms with E-state index in [-0.39, 0.29) is 21.4 Å². The first-order valence-corrected chi connectivity index (χ1v) is 12.8. The molecule has 1 aromatic heterocycles. The maximum absolute atomic E-state index is 11.9. The molecule has 10 heteroatoms. The molecule has 8 nitrogen and oxygen atoms in total. The lowest BCUT2D eigenvalue weighted by atomic mass is 9.87. The molecular formula is C24H25ClN2O6S. The monoisotopic (exact) mass is 504 g/mol. The number of ether oxygens (including phenoxy) is 2. The summed E-state index contributed by atoms with van der Waals surface area (Å²) in [5.74, 6) is 0.828. The average molecular weight is 505 g/mol. The Bertz CT molecular complexity index is 1310. The Morgan fingerprint density at radius 2 is 1.94 bits per heavy atom. The van der Waals surface area contributed by atoms with Crippen molar-refractivity contribution in [2.75, 3.05) is 12.9 Å². The van der Waals surface area contributed by atoms with Gasteiger partial charge in [-0.25, -0.2) is 13.4 Å². The lowest BCUT2D eigenvalue weighted by molar-refractivity contribution is 0.102. The first-order valence-electron chi connectivity index (χ1n) is 10.5. The molecule has 0 fully saturated rings. The van der Waals surface area contributed by atoms with Crippen molar-refractivity contribution < 1.29 is 27.4 Å². The van der Waals surface area contributed by atoms with Gasteiger partial charge in [0.15, 0.2) is 38.9 Å². The summed E-state index contributed by atoms with van der Waals surface area (Å²) in [5.41, 5.74) is -0.263. The van der Waals surface area contributed by atoms with Gasteiger partial charge in [-0.1, -0.05) is 30.7 Å². The van der Waals surface area contributed by atoms with Gasteiger partial charge in [-0.15, -0.1) is 0 Å². The smallest absolute Gasteiger partial charge is 0.200 e. The van der Waals surface area contributed by atoms with E-state index in [9.17, 15) is 18.8 Å². The van der Waals surface area contributed by atoms with Crippen molar-refractivity contribution in [2.45, 2.75) is 43.9 Å². The maximum atomic E-state index is 11.9. The zero-order valence-corrected chi connectivity index (χ0v) is 20.8. The van der Waals surface area contributed by atoms with E-state index in [0.717, 1.165) is 19.1 Å². The highest BCUT2D eigenvalue weighted by molar-refractivity contribution is 7.90. The molecule has 0 aliphatic carbocycles. The predicted octanol–water partition coefficient (Wildman–Crippen LogP) is 4.79. The van der Waals surface area contributed by atoms with Crippen LogP contribution >= 0.6 is 11.6 Å². The maximum Gasteiger partial charge on any atom is 0.200 e. The fourth-order valence-corrected chi connectivity index (χ4v) is 4.47. The van der Waals surface area contributed by atoms with E-state index in [1.807, 2.05) is 6.92 Å². The summed E-state index contributed by atoms with van der Waals surface area (Å²) in [7, 11) is -3.56. The number of hydrogen-bond acceptors (Lipinski definition) is 8. The van der Waals surface area contributed by atoms with Gasteiger partial charge in [-0.05, 0) is 55.7 Å². The topological polar surface area (TPSA) is 123 Å². The zero-order chi connectivity index (χ0) is 25.1. The molecule has 0 aliphatic heterocycles. The SMILES string of the molecule is CCCOc1c(Cl)cc(C(C)(O)c2ccc(OC(C)c3ocnc3S(C)(=O)=O)cc2)cc1C#N. The van der Waals surface area contributed by atoms with Crippen LogP contribution in [0.1, 0.15) is 55.7 Å². The van der Waals surface area contributed by atoms with Gasteiger partial charge in [-0.3, -0.25) is 0 Å². The number of sulfone groups is 1. The van der Waals surface area contributed by atoms with Gasteiger partial charge >= 0.3 is 0 Å². The van der Waals surface area contributed by atoms with E-state index in [4.69, 9.17) is 25.5 Å². The van der Waals surface area contributed by atoms with Gasteiger partial charge in [0, 0.05) is 6.26 Å². The number of benzene rings is 2. The molecule has 0 saturated heterocycles. The third kappa shape index (κ3) is 5.36. The second-order valence-electron chi connectivity index (χ2n) is 7.95. The van der Waals surface area contributed by atoms with Crippen LogP contribution in [0.2, 0.25) is 5.02 Å². The molecule has 1 heterocycles. The summed E-state index contributed by atoms with van der Waals surface area (Å²) in [6.45, 7) is 5.61. The number of rotatable bonds is 9. The summed E-state index contributed by atoms with van der Waals surface area (Å²) < 4.78 is 40.4. The minimum Gasteiger partial charge on any atom is -0.491 e. The van der Waals surface area contributed by atoms with Crippen LogP contribution in [0.15, 0.2) is 52.2 Å². The van der Waals surface area contributed by atoms with E-state index in [1.165, 1.54) is 0 Å². The van der Waals surface area contributed by atoms with Crippen molar-refractivity contribution in [3.63, 3.8) is 0 Å². The molecule has 0 bridgehead atoms. The number of halogens is 1. The molecule has 0 radical (unpaired) electrons. The number of nitrogens with zero attached hydrogens (tertiary/aromatic N) is 2. The van der Waals surface area contributed by atoms with Crippen LogP contribution in [0.5, 0.6) is 11.5 Å². The fraction of sp³-hybridized carbons (Fsp3) is 0.333. The number of hydrogen-bond donors (Lipinski definition) is 1. The summed E-state index contributed by atoms with van der Waals surface area (Å²) in [6.07, 6.45) is 2.15. The average Bonchev–Trinajstić information content (AvgIpc) is 3.29. The van der Waals surface area contributed by atoms with Gasteiger partial charge in [0.05, 0.1) is 17.2 Å². The second-order valence-corrected chi connectivity index (χ2v) is 10.3. The fourth-order valence-electron chi connectivity index (χ4n) is 3.38. The summed E-state index contributed by atoms with van der Waals surface area (Å²) >= 11 is 6.35. The van der Waals surface area contributed by atoms with Crippen molar-refractivity contribution in [2.24, 2.45) is 0 Å². The van der Waals surface area contributed by atoms with Crippen LogP contribution in [0.3, 0.4) is 0 Å². The standard InChI is InChI=1S/C24H25ClN2O6S/c1-5-10-31-22-16(13-26)11-18(12-20(22)25)24(3,28)17-6-8-19(9-7-17)33-15(2)21-23(27-14-32-21)34(4,29)30/h6-9,11-12,14-15,28H,5,10H2,1-4H3. The Hall–Kier alpha value is -3.06. The minimum absolute atomic E-state index is 0.0997. The molecule has 1 N–H and O–H groups in total. The van der Waals surface area contributed by atoms with Crippen molar-refractivity contribution >= 4 is 21.4 Å². The molecule has 0 spiro atoms. The number of nitriles is 1. The van der Waals surface area contributed by atoms with Gasteiger partial charge < -0.3 is 19.0 Å². The highest BCUT2D eigenvalue weighted by Crippen LogP contribution is 2.38. The molecule has 0 amide bonds. The molecule has 0 saturated carbocycles. The van der Waals surface area contributed by atoms with E-state index in [0.29, 0.717) is 29.2 Å². The summed E-state index contributed by atoms with van der Waals surface area (Å²) in [5, 5.41) is 20.9. The predicted molar refractivity (Wildman–Crippen MR) is 126 cm³/mol. The Balaban J connectivity index is 1.85. The van der Waals surface area contributed by atoms with Gasteiger partial charge in [0.2, 0.25) is 0 Å². The van der Waals surface area contributed by atoms with Crippen LogP contribution in [0.4, 0.5) is 0 Å². The summed E-state index contributed by atoms with van der Waals surface area (Å²) in [4.78, 5) is 3.76. The van der Waals surface area contributed by atoms with Crippen LogP contribution < -0.4 is 9.47 Å². The van der Waals surface area contributed by atoms with Crippen molar-refractivity contribution in [3.8, 4) is 17.6 Å². The Labute approximate surface area is 203 Å². The first-order chi connectivity index (χ1) is 16.0. The van der Waals surface area contributed by atoms with E-state index < -0.39 is 21.5 Å². The third-order valence-electron chi connectivity index (χ3n) is 5.19. The van der Waals surface area contributed by atoms with Gasteiger partial charge in [0.1, 0.15) is 17.4 Å². The van der Waals surface area contributed by atoms with Crippen LogP contribution in [0.25, 0.3) is 0 Å². The molecule has 2 atom stereocenters. The lowest BCUT2D eigenvalue weighted by Gasteiger charge is -2.26. The molecule has 34 heavy (non-hydrogen) atoms. The van der Waals surface area contributed by atoms with Crippen LogP contribution in [-0.4, -0.2) is 31.4 Å². The Morgan fingerprint density at radius 1 is 1.26 bits per heavy atom. The zero-order valence-electron chi connectivity index (χ0n) is 19.2. The van der Waals surface area contributed by atoms with E-state index in [2.05, 4.69) is 11.1 Å². The van der Waals surface area contributed by atoms with Crippen LogP contribution in [0, 0.1) is 11.3 Å². The number of aliphatic hydroxyl groups is 1. The van der Waals surface area contributed by atoms with E-state index >= 15 is 0 Å². The number of oxazole rings is 1. The molecule has 2 unspecified atom stereocenters. The Kier molecular flexibility index (Phi) is 7.56. The molecule has 180 valence electrons. The Morgan fingerprint density at radius 3 is 2.53 bits per heavy atom. The van der Waals surface area contributed by atoms with E-state index in [1.54, 1.807) is 50.2 Å². The molecule has 0 aliphatic rings. The minimum atomic E-state index is -3.56. The summed E-state index contributed by atoms with van der Waals surface area (Å²) in [6, 6.07) is 11.8. The molecule has 3 rings (SSSR count). The van der Waals surface area contributed by atoms with Gasteiger partial charge in [-0.2, -0.15) is 5.26 Å². The lowest BCUT2D eigenvalue weighted by Crippen LogP contribution is -2.23. The largest absolute Gasteiger partial charge is 0.491 e. The second kappa shape index (κ2) is 10.1. The quantitative estimate of drug-likeness (QED) is 0.441. The van der Waals surface area contributed by atoms with Crippen molar-refractivity contribution in [1.82, 2.24) is 4.98 Å². The normalized spacial score (nSPS) is 14.1.